The van der Waals surface area contributed by atoms with Gasteiger partial charge in [-0.25, -0.2) is 13.1 Å². The minimum atomic E-state index is -3.40. The first kappa shape index (κ1) is 19.5. The van der Waals surface area contributed by atoms with Gasteiger partial charge in [-0.2, -0.15) is 0 Å². The molecule has 0 aliphatic heterocycles. The second-order valence-corrected chi connectivity index (χ2v) is 10.00. The van der Waals surface area contributed by atoms with Gasteiger partial charge in [0, 0.05) is 6.04 Å². The Bertz CT molecular complexity index is 606. The fraction of sp³-hybridized carbons (Fsp3) is 0.700. The molecule has 2 rings (SSSR count). The topological polar surface area (TPSA) is 46.2 Å². The molecule has 1 N–H and O–H groups in total. The van der Waals surface area contributed by atoms with Gasteiger partial charge in [-0.1, -0.05) is 46.2 Å². The summed E-state index contributed by atoms with van der Waals surface area (Å²) >= 11 is 0. The summed E-state index contributed by atoms with van der Waals surface area (Å²) in [7, 11) is -3.40. The van der Waals surface area contributed by atoms with Crippen molar-refractivity contribution in [2.45, 2.75) is 83.6 Å². The van der Waals surface area contributed by atoms with Crippen LogP contribution in [-0.2, 0) is 16.4 Å². The zero-order valence-electron chi connectivity index (χ0n) is 15.6. The molecular formula is C20H33NO2S. The zero-order valence-corrected chi connectivity index (χ0v) is 16.5. The molecule has 0 spiro atoms. The van der Waals surface area contributed by atoms with Crippen molar-refractivity contribution in [2.24, 2.45) is 11.3 Å². The van der Waals surface area contributed by atoms with E-state index in [-0.39, 0.29) is 6.04 Å². The highest BCUT2D eigenvalue weighted by Gasteiger charge is 2.31. The maximum Gasteiger partial charge on any atom is 0.240 e. The number of unbranched alkanes of at least 4 members (excludes halogenated alkanes) is 1. The van der Waals surface area contributed by atoms with E-state index in [1.807, 2.05) is 12.1 Å². The number of nitrogens with one attached hydrogen (secondary N) is 1. The van der Waals surface area contributed by atoms with Gasteiger partial charge >= 0.3 is 0 Å². The average molecular weight is 352 g/mol. The highest BCUT2D eigenvalue weighted by molar-refractivity contribution is 7.89. The van der Waals surface area contributed by atoms with Crippen LogP contribution in [0, 0.1) is 11.3 Å². The third-order valence-electron chi connectivity index (χ3n) is 5.33. The Labute approximate surface area is 148 Å². The third-order valence-corrected chi connectivity index (χ3v) is 6.86. The minimum absolute atomic E-state index is 0.0772. The first-order valence-electron chi connectivity index (χ1n) is 9.33. The van der Waals surface area contributed by atoms with E-state index in [2.05, 4.69) is 32.4 Å². The van der Waals surface area contributed by atoms with Crippen LogP contribution in [0.1, 0.15) is 71.8 Å². The normalized spacial score (nSPS) is 22.5. The first-order chi connectivity index (χ1) is 11.2. The van der Waals surface area contributed by atoms with Crippen molar-refractivity contribution in [2.75, 3.05) is 0 Å². The lowest BCUT2D eigenvalue weighted by molar-refractivity contribution is 0.166. The Hall–Kier alpha value is -0.870. The van der Waals surface area contributed by atoms with E-state index < -0.39 is 10.0 Å². The highest BCUT2D eigenvalue weighted by atomic mass is 32.2. The fourth-order valence-corrected chi connectivity index (χ4v) is 4.89. The summed E-state index contributed by atoms with van der Waals surface area (Å²) in [5, 5.41) is 0. The van der Waals surface area contributed by atoms with E-state index in [0.29, 0.717) is 16.2 Å². The predicted molar refractivity (Wildman–Crippen MR) is 101 cm³/mol. The van der Waals surface area contributed by atoms with Gasteiger partial charge in [0.1, 0.15) is 0 Å². The van der Waals surface area contributed by atoms with Crippen LogP contribution in [0.25, 0.3) is 0 Å². The van der Waals surface area contributed by atoms with E-state index in [9.17, 15) is 8.42 Å². The van der Waals surface area contributed by atoms with Gasteiger partial charge in [0.2, 0.25) is 10.0 Å². The summed E-state index contributed by atoms with van der Waals surface area (Å²) in [4.78, 5) is 0.390. The molecule has 0 amide bonds. The quantitative estimate of drug-likeness (QED) is 0.791. The highest BCUT2D eigenvalue weighted by Crippen LogP contribution is 2.38. The summed E-state index contributed by atoms with van der Waals surface area (Å²) in [6.45, 7) is 9.00. The molecule has 1 saturated carbocycles. The Kier molecular flexibility index (Phi) is 6.49. The van der Waals surface area contributed by atoms with E-state index in [1.54, 1.807) is 12.1 Å². The Morgan fingerprint density at radius 3 is 2.12 bits per heavy atom. The van der Waals surface area contributed by atoms with Crippen molar-refractivity contribution < 1.29 is 8.42 Å². The van der Waals surface area contributed by atoms with Crippen LogP contribution in [0.4, 0.5) is 0 Å². The van der Waals surface area contributed by atoms with Crippen LogP contribution in [-0.4, -0.2) is 14.5 Å². The SMILES string of the molecule is CCCCc1ccc(S(=O)(=O)NC2CCC(C(C)(C)C)CC2)cc1. The van der Waals surface area contributed by atoms with Crippen molar-refractivity contribution >= 4 is 10.0 Å². The van der Waals surface area contributed by atoms with Gasteiger partial charge in [-0.05, 0) is 67.6 Å². The molecule has 136 valence electrons. The van der Waals surface area contributed by atoms with E-state index in [0.717, 1.165) is 44.9 Å². The molecule has 24 heavy (non-hydrogen) atoms. The molecular weight excluding hydrogens is 318 g/mol. The van der Waals surface area contributed by atoms with Crippen molar-refractivity contribution in [1.29, 1.82) is 0 Å². The second-order valence-electron chi connectivity index (χ2n) is 8.28. The second kappa shape index (κ2) is 8.01. The van der Waals surface area contributed by atoms with Crippen LogP contribution in [0.5, 0.6) is 0 Å². The molecule has 3 nitrogen and oxygen atoms in total. The Balaban J connectivity index is 1.94. The van der Waals surface area contributed by atoms with Gasteiger partial charge in [0.15, 0.2) is 0 Å². The van der Waals surface area contributed by atoms with E-state index in [4.69, 9.17) is 0 Å². The number of hydrogen-bond donors (Lipinski definition) is 1. The molecule has 1 aliphatic carbocycles. The first-order valence-corrected chi connectivity index (χ1v) is 10.8. The van der Waals surface area contributed by atoms with Crippen LogP contribution in [0.3, 0.4) is 0 Å². The van der Waals surface area contributed by atoms with Gasteiger partial charge in [0.05, 0.1) is 4.90 Å². The lowest BCUT2D eigenvalue weighted by atomic mass is 9.71. The smallest absolute Gasteiger partial charge is 0.208 e. The molecule has 0 radical (unpaired) electrons. The number of sulfonamides is 1. The van der Waals surface area contributed by atoms with Crippen molar-refractivity contribution in [3.8, 4) is 0 Å². The molecule has 1 fully saturated rings. The maximum absolute atomic E-state index is 12.6. The molecule has 1 aliphatic rings. The molecule has 0 aromatic heterocycles. The lowest BCUT2D eigenvalue weighted by Crippen LogP contribution is -2.39. The van der Waals surface area contributed by atoms with Crippen LogP contribution < -0.4 is 4.72 Å². The standard InChI is InChI=1S/C20H33NO2S/c1-5-6-7-16-8-14-19(15-9-16)24(22,23)21-18-12-10-17(11-13-18)20(2,3)4/h8-9,14-15,17-18,21H,5-7,10-13H2,1-4H3. The fourth-order valence-electron chi connectivity index (χ4n) is 3.58. The van der Waals surface area contributed by atoms with Crippen molar-refractivity contribution in [1.82, 2.24) is 4.72 Å². The summed E-state index contributed by atoms with van der Waals surface area (Å²) < 4.78 is 28.1. The number of benzene rings is 1. The van der Waals surface area contributed by atoms with Gasteiger partial charge in [-0.3, -0.25) is 0 Å². The summed E-state index contributed by atoms with van der Waals surface area (Å²) in [5.74, 6) is 0.691. The molecule has 1 aromatic rings. The number of aryl methyl sites for hydroxylation is 1. The minimum Gasteiger partial charge on any atom is -0.208 e. The molecule has 0 atom stereocenters. The van der Waals surface area contributed by atoms with Crippen molar-refractivity contribution in [3.63, 3.8) is 0 Å². The Morgan fingerprint density at radius 2 is 1.62 bits per heavy atom. The Morgan fingerprint density at radius 1 is 1.04 bits per heavy atom. The molecule has 4 heteroatoms. The molecule has 0 bridgehead atoms. The number of rotatable bonds is 6. The monoisotopic (exact) mass is 351 g/mol. The van der Waals surface area contributed by atoms with Gasteiger partial charge < -0.3 is 0 Å². The maximum atomic E-state index is 12.6. The molecule has 1 aromatic carbocycles. The van der Waals surface area contributed by atoms with Gasteiger partial charge in [-0.15, -0.1) is 0 Å². The van der Waals surface area contributed by atoms with Crippen LogP contribution in [0.2, 0.25) is 0 Å². The van der Waals surface area contributed by atoms with E-state index >= 15 is 0 Å². The summed E-state index contributed by atoms with van der Waals surface area (Å²) in [6, 6.07) is 7.46. The van der Waals surface area contributed by atoms with E-state index in [1.165, 1.54) is 5.56 Å². The number of hydrogen-bond acceptors (Lipinski definition) is 2. The third kappa shape index (κ3) is 5.32. The van der Waals surface area contributed by atoms with Crippen LogP contribution in [0.15, 0.2) is 29.2 Å². The predicted octanol–water partition coefficient (Wildman–Crippen LogP) is 4.91. The zero-order chi connectivity index (χ0) is 17.8. The largest absolute Gasteiger partial charge is 0.240 e. The summed E-state index contributed by atoms with van der Waals surface area (Å²) in [5.41, 5.74) is 1.53. The molecule has 0 heterocycles. The lowest BCUT2D eigenvalue weighted by Gasteiger charge is -2.37. The van der Waals surface area contributed by atoms with Gasteiger partial charge in [0.25, 0.3) is 0 Å². The van der Waals surface area contributed by atoms with Crippen molar-refractivity contribution in [3.05, 3.63) is 29.8 Å². The molecule has 0 unspecified atom stereocenters. The van der Waals surface area contributed by atoms with Crippen LogP contribution >= 0.6 is 0 Å². The average Bonchev–Trinajstić information content (AvgIpc) is 2.52. The molecule has 0 saturated heterocycles. The summed E-state index contributed by atoms with van der Waals surface area (Å²) in [6.07, 6.45) is 7.39.